The predicted molar refractivity (Wildman–Crippen MR) is 84.5 cm³/mol. The molecule has 21 heavy (non-hydrogen) atoms. The summed E-state index contributed by atoms with van der Waals surface area (Å²) in [7, 11) is 0. The number of aromatic nitrogens is 3. The Morgan fingerprint density at radius 3 is 2.71 bits per heavy atom. The first kappa shape index (κ1) is 15.7. The number of nitrogens with zero attached hydrogens (tertiary/aromatic N) is 4. The molecule has 0 aliphatic heterocycles. The molecule has 0 aliphatic carbocycles. The van der Waals surface area contributed by atoms with Crippen molar-refractivity contribution in [3.63, 3.8) is 0 Å². The van der Waals surface area contributed by atoms with E-state index in [0.29, 0.717) is 6.54 Å². The molecule has 0 aliphatic rings. The Hall–Kier alpha value is -1.72. The zero-order valence-electron chi connectivity index (χ0n) is 12.8. The van der Waals surface area contributed by atoms with Gasteiger partial charge in [-0.05, 0) is 24.9 Å². The quantitative estimate of drug-likeness (QED) is 0.766. The minimum Gasteiger partial charge on any atom is -0.330 e. The monoisotopic (exact) mass is 287 g/mol. The largest absolute Gasteiger partial charge is 0.330 e. The summed E-state index contributed by atoms with van der Waals surface area (Å²) in [5.74, 6) is 1.03. The summed E-state index contributed by atoms with van der Waals surface area (Å²) < 4.78 is 2.00. The molecule has 0 saturated carbocycles. The number of benzene rings is 1. The molecule has 0 bridgehead atoms. The SMILES string of the molecule is CCCn1ncnc1CN(CCCN)Cc1ccccc1. The molecule has 0 unspecified atom stereocenters. The highest BCUT2D eigenvalue weighted by molar-refractivity contribution is 5.14. The van der Waals surface area contributed by atoms with Crippen LogP contribution < -0.4 is 5.73 Å². The lowest BCUT2D eigenvalue weighted by Crippen LogP contribution is -2.27. The van der Waals surface area contributed by atoms with Crippen LogP contribution >= 0.6 is 0 Å². The molecule has 2 N–H and O–H groups in total. The van der Waals surface area contributed by atoms with Crippen LogP contribution in [0, 0.1) is 0 Å². The number of aryl methyl sites for hydroxylation is 1. The fraction of sp³-hybridized carbons (Fsp3) is 0.500. The summed E-state index contributed by atoms with van der Waals surface area (Å²) in [5.41, 5.74) is 6.98. The summed E-state index contributed by atoms with van der Waals surface area (Å²) in [6, 6.07) is 10.5. The van der Waals surface area contributed by atoms with Crippen LogP contribution in [0.3, 0.4) is 0 Å². The fourth-order valence-corrected chi connectivity index (χ4v) is 2.38. The first-order valence-electron chi connectivity index (χ1n) is 7.66. The van der Waals surface area contributed by atoms with Crippen molar-refractivity contribution in [2.24, 2.45) is 5.73 Å². The maximum Gasteiger partial charge on any atom is 0.141 e. The van der Waals surface area contributed by atoms with E-state index < -0.39 is 0 Å². The van der Waals surface area contributed by atoms with E-state index >= 15 is 0 Å². The van der Waals surface area contributed by atoms with Crippen LogP contribution in [0.4, 0.5) is 0 Å². The number of hydrogen-bond donors (Lipinski definition) is 1. The van der Waals surface area contributed by atoms with Gasteiger partial charge in [-0.1, -0.05) is 37.3 Å². The van der Waals surface area contributed by atoms with E-state index in [1.165, 1.54) is 5.56 Å². The normalized spacial score (nSPS) is 11.2. The van der Waals surface area contributed by atoms with E-state index in [0.717, 1.165) is 44.8 Å². The maximum absolute atomic E-state index is 5.66. The van der Waals surface area contributed by atoms with Gasteiger partial charge in [0.25, 0.3) is 0 Å². The molecule has 5 heteroatoms. The molecule has 2 rings (SSSR count). The fourth-order valence-electron chi connectivity index (χ4n) is 2.38. The zero-order chi connectivity index (χ0) is 14.9. The van der Waals surface area contributed by atoms with Crippen molar-refractivity contribution >= 4 is 0 Å². The molecule has 0 spiro atoms. The average molecular weight is 287 g/mol. The third-order valence-corrected chi connectivity index (χ3v) is 3.42. The van der Waals surface area contributed by atoms with Crippen molar-refractivity contribution in [1.82, 2.24) is 19.7 Å². The molecule has 0 atom stereocenters. The van der Waals surface area contributed by atoms with Crippen LogP contribution in [0.5, 0.6) is 0 Å². The topological polar surface area (TPSA) is 60.0 Å². The van der Waals surface area contributed by atoms with Gasteiger partial charge in [-0.15, -0.1) is 0 Å². The smallest absolute Gasteiger partial charge is 0.141 e. The van der Waals surface area contributed by atoms with Crippen molar-refractivity contribution in [3.05, 3.63) is 48.0 Å². The molecular weight excluding hydrogens is 262 g/mol. The van der Waals surface area contributed by atoms with Crippen LogP contribution in [-0.2, 0) is 19.6 Å². The molecule has 0 amide bonds. The van der Waals surface area contributed by atoms with Gasteiger partial charge >= 0.3 is 0 Å². The standard InChI is InChI=1S/C16H25N5/c1-2-10-21-16(18-14-19-21)13-20(11-6-9-17)12-15-7-4-3-5-8-15/h3-5,7-8,14H,2,6,9-13,17H2,1H3. The molecule has 2 aromatic rings. The van der Waals surface area contributed by atoms with Gasteiger partial charge in [0, 0.05) is 19.6 Å². The second-order valence-corrected chi connectivity index (χ2v) is 5.24. The Morgan fingerprint density at radius 1 is 1.19 bits per heavy atom. The lowest BCUT2D eigenvalue weighted by Gasteiger charge is -2.22. The van der Waals surface area contributed by atoms with Crippen molar-refractivity contribution in [1.29, 1.82) is 0 Å². The lowest BCUT2D eigenvalue weighted by molar-refractivity contribution is 0.243. The Balaban J connectivity index is 2.03. The zero-order valence-corrected chi connectivity index (χ0v) is 12.8. The van der Waals surface area contributed by atoms with E-state index in [-0.39, 0.29) is 0 Å². The molecule has 1 heterocycles. The van der Waals surface area contributed by atoms with Crippen molar-refractivity contribution in [2.75, 3.05) is 13.1 Å². The molecule has 114 valence electrons. The van der Waals surface area contributed by atoms with Gasteiger partial charge in [-0.25, -0.2) is 9.67 Å². The summed E-state index contributed by atoms with van der Waals surface area (Å²) in [6.45, 7) is 6.50. The van der Waals surface area contributed by atoms with Crippen LogP contribution in [0.15, 0.2) is 36.7 Å². The minimum absolute atomic E-state index is 0.715. The molecule has 0 saturated heterocycles. The Kier molecular flexibility index (Phi) is 6.37. The summed E-state index contributed by atoms with van der Waals surface area (Å²) in [6.07, 6.45) is 3.71. The predicted octanol–water partition coefficient (Wildman–Crippen LogP) is 2.04. The van der Waals surface area contributed by atoms with Crippen LogP contribution in [0.2, 0.25) is 0 Å². The van der Waals surface area contributed by atoms with E-state index in [1.807, 2.05) is 10.7 Å². The molecule has 5 nitrogen and oxygen atoms in total. The van der Waals surface area contributed by atoms with Gasteiger partial charge < -0.3 is 5.73 Å². The molecule has 0 radical (unpaired) electrons. The number of hydrogen-bond acceptors (Lipinski definition) is 4. The maximum atomic E-state index is 5.66. The third kappa shape index (κ3) is 4.95. The van der Waals surface area contributed by atoms with Crippen LogP contribution in [0.1, 0.15) is 31.2 Å². The molecular formula is C16H25N5. The highest BCUT2D eigenvalue weighted by Gasteiger charge is 2.11. The summed E-state index contributed by atoms with van der Waals surface area (Å²) in [5, 5.41) is 4.30. The number of nitrogens with two attached hydrogens (primary N) is 1. The molecule has 1 aromatic carbocycles. The summed E-state index contributed by atoms with van der Waals surface area (Å²) >= 11 is 0. The average Bonchev–Trinajstić information content (AvgIpc) is 2.93. The second kappa shape index (κ2) is 8.54. The van der Waals surface area contributed by atoms with Gasteiger partial charge in [-0.3, -0.25) is 4.90 Å². The molecule has 1 aromatic heterocycles. The van der Waals surface area contributed by atoms with Crippen LogP contribution in [0.25, 0.3) is 0 Å². The lowest BCUT2D eigenvalue weighted by atomic mass is 10.2. The minimum atomic E-state index is 0.715. The second-order valence-electron chi connectivity index (χ2n) is 5.24. The van der Waals surface area contributed by atoms with E-state index in [2.05, 4.69) is 46.2 Å². The van der Waals surface area contributed by atoms with Gasteiger partial charge in [-0.2, -0.15) is 5.10 Å². The number of rotatable bonds is 9. The first-order chi connectivity index (χ1) is 10.3. The van der Waals surface area contributed by atoms with Gasteiger partial charge in [0.15, 0.2) is 0 Å². The van der Waals surface area contributed by atoms with E-state index in [9.17, 15) is 0 Å². The van der Waals surface area contributed by atoms with Crippen molar-refractivity contribution < 1.29 is 0 Å². The Morgan fingerprint density at radius 2 is 2.00 bits per heavy atom. The Labute approximate surface area is 126 Å². The van der Waals surface area contributed by atoms with E-state index in [4.69, 9.17) is 5.73 Å². The first-order valence-corrected chi connectivity index (χ1v) is 7.66. The van der Waals surface area contributed by atoms with Crippen molar-refractivity contribution in [3.8, 4) is 0 Å². The van der Waals surface area contributed by atoms with Crippen molar-refractivity contribution in [2.45, 2.75) is 39.4 Å². The van der Waals surface area contributed by atoms with Gasteiger partial charge in [0.05, 0.1) is 6.54 Å². The molecule has 0 fully saturated rings. The third-order valence-electron chi connectivity index (χ3n) is 3.42. The van der Waals surface area contributed by atoms with E-state index in [1.54, 1.807) is 6.33 Å². The van der Waals surface area contributed by atoms with Crippen LogP contribution in [-0.4, -0.2) is 32.8 Å². The van der Waals surface area contributed by atoms with Gasteiger partial charge in [0.2, 0.25) is 0 Å². The Bertz CT molecular complexity index is 508. The van der Waals surface area contributed by atoms with Gasteiger partial charge in [0.1, 0.15) is 12.2 Å². The highest BCUT2D eigenvalue weighted by Crippen LogP contribution is 2.09. The highest BCUT2D eigenvalue weighted by atomic mass is 15.3. The summed E-state index contributed by atoms with van der Waals surface area (Å²) in [4.78, 5) is 6.79.